The lowest BCUT2D eigenvalue weighted by Gasteiger charge is -2.28. The molecule has 0 atom stereocenters. The SMILES string of the molecule is CCCCC[P+](CCCCC)(CCCCC)CCCCC.O=C([O-])c1ccccc1SSc1ccccc1C(=O)O. The molecule has 0 heterocycles. The highest BCUT2D eigenvalue weighted by Crippen LogP contribution is 2.61. The van der Waals surface area contributed by atoms with Crippen molar-refractivity contribution >= 4 is 40.8 Å². The Kier molecular flexibility index (Phi) is 21.1. The van der Waals surface area contributed by atoms with Crippen LogP contribution in [0.1, 0.15) is 125 Å². The molecule has 0 amide bonds. The lowest BCUT2D eigenvalue weighted by molar-refractivity contribution is -0.255. The molecule has 0 unspecified atom stereocenters. The number of carbonyl (C=O) groups is 2. The van der Waals surface area contributed by atoms with E-state index in [4.69, 9.17) is 5.11 Å². The predicted molar refractivity (Wildman–Crippen MR) is 180 cm³/mol. The molecule has 0 bridgehead atoms. The van der Waals surface area contributed by atoms with E-state index in [-0.39, 0.29) is 11.1 Å². The summed E-state index contributed by atoms with van der Waals surface area (Å²) in [5.41, 5.74) is 0.286. The van der Waals surface area contributed by atoms with Gasteiger partial charge in [-0.25, -0.2) is 4.79 Å². The Balaban J connectivity index is 0.000000410. The predicted octanol–water partition coefficient (Wildman–Crippen LogP) is 10.3. The minimum atomic E-state index is -1.25. The first kappa shape index (κ1) is 37.5. The minimum Gasteiger partial charge on any atom is -0.545 e. The molecule has 0 aliphatic heterocycles. The maximum absolute atomic E-state index is 11.1. The Hall–Kier alpha value is -1.49. The molecular weight excluding hydrogens is 567 g/mol. The number of carbonyl (C=O) groups excluding carboxylic acids is 1. The first-order valence-corrected chi connectivity index (χ1v) is 20.3. The second-order valence-electron chi connectivity index (χ2n) is 10.8. The van der Waals surface area contributed by atoms with Crippen LogP contribution >= 0.6 is 28.9 Å². The topological polar surface area (TPSA) is 77.4 Å². The van der Waals surface area contributed by atoms with E-state index in [2.05, 4.69) is 27.7 Å². The van der Waals surface area contributed by atoms with Gasteiger partial charge in [-0.2, -0.15) is 0 Å². The summed E-state index contributed by atoms with van der Waals surface area (Å²) in [4.78, 5) is 23.2. The van der Waals surface area contributed by atoms with E-state index in [1.807, 2.05) is 0 Å². The number of unbranched alkanes of at least 4 members (excludes halogenated alkanes) is 8. The largest absolute Gasteiger partial charge is 0.545 e. The highest BCUT2D eigenvalue weighted by Gasteiger charge is 2.34. The molecule has 0 saturated heterocycles. The Labute approximate surface area is 258 Å². The molecule has 0 aliphatic carbocycles. The van der Waals surface area contributed by atoms with Crippen LogP contribution in [0.25, 0.3) is 0 Å². The highest BCUT2D eigenvalue weighted by molar-refractivity contribution is 8.76. The van der Waals surface area contributed by atoms with Crippen molar-refractivity contribution in [3.05, 3.63) is 59.7 Å². The molecule has 0 fully saturated rings. The van der Waals surface area contributed by atoms with Gasteiger partial charge in [-0.1, -0.05) is 131 Å². The van der Waals surface area contributed by atoms with Gasteiger partial charge in [-0.05, 0) is 43.9 Å². The van der Waals surface area contributed by atoms with E-state index in [9.17, 15) is 14.7 Å². The average molecular weight is 621 g/mol. The smallest absolute Gasteiger partial charge is 0.336 e. The lowest BCUT2D eigenvalue weighted by atomic mass is 10.2. The summed E-state index contributed by atoms with van der Waals surface area (Å²) in [5, 5.41) is 20.1. The van der Waals surface area contributed by atoms with Crippen molar-refractivity contribution in [3.8, 4) is 0 Å². The van der Waals surface area contributed by atoms with E-state index < -0.39 is 19.2 Å². The van der Waals surface area contributed by atoms with Gasteiger partial charge < -0.3 is 15.0 Å². The van der Waals surface area contributed by atoms with Crippen LogP contribution in [0, 0.1) is 0 Å². The number of rotatable bonds is 21. The molecule has 230 valence electrons. The molecule has 2 rings (SSSR count). The molecule has 0 radical (unpaired) electrons. The van der Waals surface area contributed by atoms with Gasteiger partial charge in [0.05, 0.1) is 36.2 Å². The fraction of sp³-hybridized carbons (Fsp3) is 0.588. The Bertz CT molecular complexity index is 895. The van der Waals surface area contributed by atoms with Crippen molar-refractivity contribution < 1.29 is 19.8 Å². The summed E-state index contributed by atoms with van der Waals surface area (Å²) in [5.74, 6) is -2.26. The fourth-order valence-corrected chi connectivity index (χ4v) is 12.2. The van der Waals surface area contributed by atoms with Crippen molar-refractivity contribution in [2.24, 2.45) is 0 Å². The molecule has 0 aliphatic rings. The van der Waals surface area contributed by atoms with Crippen molar-refractivity contribution in [1.29, 1.82) is 0 Å². The second kappa shape index (κ2) is 23.0. The van der Waals surface area contributed by atoms with E-state index in [1.54, 1.807) is 61.0 Å². The molecular formula is C34H53O4PS2. The number of aromatic carboxylic acids is 2. The zero-order valence-electron chi connectivity index (χ0n) is 25.9. The Morgan fingerprint density at radius 3 is 1.29 bits per heavy atom. The van der Waals surface area contributed by atoms with E-state index in [1.165, 1.54) is 111 Å². The Morgan fingerprint density at radius 1 is 0.610 bits per heavy atom. The molecule has 1 N–H and O–H groups in total. The highest BCUT2D eigenvalue weighted by atomic mass is 33.1. The fourth-order valence-electron chi connectivity index (χ4n) is 4.97. The molecule has 41 heavy (non-hydrogen) atoms. The van der Waals surface area contributed by atoms with Gasteiger partial charge >= 0.3 is 5.97 Å². The van der Waals surface area contributed by atoms with E-state index in [0.29, 0.717) is 9.79 Å². The van der Waals surface area contributed by atoms with Crippen LogP contribution in [0.3, 0.4) is 0 Å². The normalized spacial score (nSPS) is 11.1. The summed E-state index contributed by atoms with van der Waals surface area (Å²) in [7, 11) is 1.78. The van der Waals surface area contributed by atoms with Crippen LogP contribution in [0.15, 0.2) is 58.3 Å². The first-order chi connectivity index (χ1) is 19.8. The molecule has 2 aromatic rings. The van der Waals surface area contributed by atoms with Gasteiger partial charge in [0.15, 0.2) is 0 Å². The quantitative estimate of drug-likeness (QED) is 0.0850. The number of carboxylic acids is 2. The molecule has 0 saturated carbocycles. The van der Waals surface area contributed by atoms with Crippen LogP contribution in [-0.4, -0.2) is 41.7 Å². The molecule has 0 spiro atoms. The van der Waals surface area contributed by atoms with Gasteiger partial charge in [0.1, 0.15) is 0 Å². The summed E-state index contributed by atoms with van der Waals surface area (Å²) < 4.78 is 0. The maximum atomic E-state index is 11.1. The number of carboxylic acid groups (broad SMARTS) is 2. The lowest BCUT2D eigenvalue weighted by Crippen LogP contribution is -2.22. The van der Waals surface area contributed by atoms with Crippen molar-refractivity contribution in [3.63, 3.8) is 0 Å². The van der Waals surface area contributed by atoms with E-state index >= 15 is 0 Å². The zero-order chi connectivity index (χ0) is 30.3. The monoisotopic (exact) mass is 620 g/mol. The third kappa shape index (κ3) is 15.5. The minimum absolute atomic E-state index is 0.0952. The number of benzene rings is 2. The van der Waals surface area contributed by atoms with Gasteiger partial charge in [-0.15, -0.1) is 0 Å². The third-order valence-electron chi connectivity index (χ3n) is 7.39. The summed E-state index contributed by atoms with van der Waals surface area (Å²) >= 11 is 0. The summed E-state index contributed by atoms with van der Waals surface area (Å²) in [6.45, 7) is 9.41. The van der Waals surface area contributed by atoms with Crippen LogP contribution in [0.5, 0.6) is 0 Å². The first-order valence-electron chi connectivity index (χ1n) is 15.7. The second-order valence-corrected chi connectivity index (χ2v) is 17.5. The summed E-state index contributed by atoms with van der Waals surface area (Å²) in [6.07, 6.45) is 24.0. The summed E-state index contributed by atoms with van der Waals surface area (Å²) in [6, 6.07) is 13.0. The van der Waals surface area contributed by atoms with Crippen molar-refractivity contribution in [2.45, 2.75) is 115 Å². The van der Waals surface area contributed by atoms with Crippen LogP contribution < -0.4 is 5.11 Å². The maximum Gasteiger partial charge on any atom is 0.336 e. The third-order valence-corrected chi connectivity index (χ3v) is 14.9. The Morgan fingerprint density at radius 2 is 0.951 bits per heavy atom. The van der Waals surface area contributed by atoms with Crippen LogP contribution in [0.4, 0.5) is 0 Å². The van der Waals surface area contributed by atoms with Crippen LogP contribution in [0.2, 0.25) is 0 Å². The van der Waals surface area contributed by atoms with Crippen molar-refractivity contribution in [1.82, 2.24) is 0 Å². The molecule has 0 aromatic heterocycles. The molecule has 7 heteroatoms. The van der Waals surface area contributed by atoms with Crippen molar-refractivity contribution in [2.75, 3.05) is 24.6 Å². The molecule has 4 nitrogen and oxygen atoms in total. The van der Waals surface area contributed by atoms with Crippen LogP contribution in [-0.2, 0) is 0 Å². The van der Waals surface area contributed by atoms with Gasteiger partial charge in [0.25, 0.3) is 0 Å². The van der Waals surface area contributed by atoms with E-state index in [0.717, 1.165) is 0 Å². The number of hydrogen-bond acceptors (Lipinski definition) is 5. The zero-order valence-corrected chi connectivity index (χ0v) is 28.4. The molecule has 2 aromatic carbocycles. The average Bonchev–Trinajstić information content (AvgIpc) is 2.97. The van der Waals surface area contributed by atoms with Gasteiger partial charge in [0.2, 0.25) is 0 Å². The van der Waals surface area contributed by atoms with Gasteiger partial charge in [-0.3, -0.25) is 0 Å². The number of hydrogen-bond donors (Lipinski definition) is 1. The standard InChI is InChI=1S/C20H44P.C14H10O4S2/c1-5-9-13-17-21(18-14-10-6-2,19-15-11-7-3)20-16-12-8-4;15-13(16)9-5-1-3-7-11(9)19-20-12-8-4-2-6-10(12)14(17)18/h5-20H2,1-4H3;1-8H,(H,15,16)(H,17,18)/q+1;/p-1. The van der Waals surface area contributed by atoms with Gasteiger partial charge in [0, 0.05) is 22.6 Å².